The first kappa shape index (κ1) is 78.9. The molecule has 0 unspecified atom stereocenters. The Hall–Kier alpha value is -8.77. The van der Waals surface area contributed by atoms with Gasteiger partial charge < -0.3 is 86.5 Å². The van der Waals surface area contributed by atoms with Gasteiger partial charge in [-0.2, -0.15) is 0 Å². The van der Waals surface area contributed by atoms with Crippen LogP contribution in [0.25, 0.3) is 12.2 Å². The van der Waals surface area contributed by atoms with E-state index in [0.29, 0.717) is 62.5 Å². The third-order valence-corrected chi connectivity index (χ3v) is 20.2. The zero-order valence-electron chi connectivity index (χ0n) is 58.7. The van der Waals surface area contributed by atoms with Crippen LogP contribution in [-0.2, 0) is 79.9 Å². The van der Waals surface area contributed by atoms with Crippen molar-refractivity contribution in [2.75, 3.05) is 96.0 Å². The third-order valence-electron chi connectivity index (χ3n) is 20.2. The molecule has 0 radical (unpaired) electrons. The Morgan fingerprint density at radius 3 is 2.09 bits per heavy atom. The topological polar surface area (TPSA) is 380 Å². The summed E-state index contributed by atoms with van der Waals surface area (Å²) in [6, 6.07) is 18.9. The number of hydrogen-bond acceptors (Lipinski definition) is 18. The van der Waals surface area contributed by atoms with Gasteiger partial charge in [0.2, 0.25) is 35.4 Å². The van der Waals surface area contributed by atoms with Crippen molar-refractivity contribution in [3.8, 4) is 0 Å². The van der Waals surface area contributed by atoms with Gasteiger partial charge in [0.05, 0.1) is 71.2 Å². The van der Waals surface area contributed by atoms with Crippen molar-refractivity contribution in [1.82, 2.24) is 31.9 Å². The molecule has 0 spiro atoms. The van der Waals surface area contributed by atoms with E-state index in [4.69, 9.17) is 34.2 Å². The lowest BCUT2D eigenvalue weighted by Gasteiger charge is -2.62. The van der Waals surface area contributed by atoms with E-state index in [2.05, 4.69) is 37.2 Å². The maximum atomic E-state index is 17.6. The molecule has 10 atom stereocenters. The zero-order valence-corrected chi connectivity index (χ0v) is 58.7. The molecule has 8 rings (SSSR count). The van der Waals surface area contributed by atoms with Crippen molar-refractivity contribution in [2.45, 2.75) is 135 Å². The van der Waals surface area contributed by atoms with E-state index in [1.165, 1.54) is 24.3 Å². The molecule has 0 saturated heterocycles. The Morgan fingerprint density at radius 2 is 1.38 bits per heavy atom. The summed E-state index contributed by atoms with van der Waals surface area (Å²) >= 11 is 0. The van der Waals surface area contributed by atoms with Gasteiger partial charge in [0.1, 0.15) is 44.2 Å². The molecule has 3 saturated carbocycles. The maximum absolute atomic E-state index is 17.6. The molecule has 5 aliphatic rings. The van der Waals surface area contributed by atoms with Crippen LogP contribution in [-0.4, -0.2) is 185 Å². The Labute approximate surface area is 593 Å². The van der Waals surface area contributed by atoms with Gasteiger partial charge in [-0.3, -0.25) is 38.4 Å². The standard InChI is InChI=1S/C74H98FN9O18/c1-47(2)66(83-63(89)27-31-97-33-35-99-37-38-100-36-34-98-32-30-77-62(88)24-25-65(91)84-43-52-13-7-6-11-50(52)18-19-51-12-8-9-15-59(51)84)68(93)82-58(14-10-29-78-69(76)94)67(92)81-54-21-16-49(17-22-54)44-102-70(95)79-42-64(90)80-46-101-45-61(87)74(96)48(3)39-57-56-23-20-53-40-55(85)26-28-71(53,4)73(56,75)60(86)41-72(57,74)5/h6-9,11-13,15-19,21-22,26,28,40,47-48,56-58,60,66,86,96H,10,14,20,23-25,27,29-39,41-46H2,1-5H3,(H,77,88)(H,79,95)(H,80,90)(H,81,92)(H,82,93)(H,83,89)(H3,76,78,94)/b19-18-/t48-,56+,57+,58+,60+,66+,71+,72+,73+,74+/m1/s1. The molecule has 0 aromatic heterocycles. The van der Waals surface area contributed by atoms with E-state index in [1.54, 1.807) is 57.7 Å². The Kier molecular flexibility index (Phi) is 28.6. The van der Waals surface area contributed by atoms with Gasteiger partial charge in [-0.05, 0) is 116 Å². The number of carbonyl (C=O) groups is 10. The molecule has 28 heteroatoms. The number of anilines is 2. The average Bonchev–Trinajstić information content (AvgIpc) is 1.38. The first-order valence-electron chi connectivity index (χ1n) is 34.9. The van der Waals surface area contributed by atoms with Gasteiger partial charge >= 0.3 is 12.1 Å². The van der Waals surface area contributed by atoms with Gasteiger partial charge in [-0.25, -0.2) is 14.0 Å². The van der Waals surface area contributed by atoms with Gasteiger partial charge in [-0.1, -0.05) is 106 Å². The van der Waals surface area contributed by atoms with Crippen molar-refractivity contribution < 1.29 is 91.0 Å². The number of nitrogens with zero attached hydrogens (tertiary/aromatic N) is 1. The molecule has 3 aromatic carbocycles. The lowest BCUT2D eigenvalue weighted by molar-refractivity contribution is -0.220. The minimum absolute atomic E-state index is 0.0373. The normalized spacial score (nSPS) is 23.9. The number of urea groups is 1. The largest absolute Gasteiger partial charge is 0.445 e. The number of halogens is 1. The molecular formula is C74H98FN9O18. The monoisotopic (exact) mass is 1420 g/mol. The molecule has 3 aromatic rings. The Morgan fingerprint density at radius 1 is 0.716 bits per heavy atom. The predicted molar refractivity (Wildman–Crippen MR) is 374 cm³/mol. The summed E-state index contributed by atoms with van der Waals surface area (Å²) in [5, 5.41) is 42.1. The number of nitrogens with two attached hydrogens (primary N) is 1. The fourth-order valence-corrected chi connectivity index (χ4v) is 14.7. The van der Waals surface area contributed by atoms with Crippen LogP contribution in [0, 0.1) is 34.5 Å². The van der Waals surface area contributed by atoms with Gasteiger partial charge in [-0.15, -0.1) is 0 Å². The first-order chi connectivity index (χ1) is 48.8. The summed E-state index contributed by atoms with van der Waals surface area (Å²) in [5.41, 5.74) is 3.91. The molecule has 11 N–H and O–H groups in total. The number of primary amides is 1. The third kappa shape index (κ3) is 19.9. The number of amides is 9. The minimum atomic E-state index is -2.13. The second-order valence-electron chi connectivity index (χ2n) is 27.2. The number of alkyl halides is 1. The number of nitrogens with one attached hydrogen (secondary N) is 7. The molecule has 27 nitrogen and oxygen atoms in total. The van der Waals surface area contributed by atoms with Crippen LogP contribution in [0.2, 0.25) is 0 Å². The van der Waals surface area contributed by atoms with E-state index >= 15 is 4.39 Å². The van der Waals surface area contributed by atoms with Crippen LogP contribution in [0.4, 0.5) is 25.4 Å². The Balaban J connectivity index is 0.655. The maximum Gasteiger partial charge on any atom is 0.407 e. The highest BCUT2D eigenvalue weighted by atomic mass is 19.1. The number of aliphatic hydroxyl groups excluding tert-OH is 1. The molecular weight excluding hydrogens is 1320 g/mol. The van der Waals surface area contributed by atoms with Crippen molar-refractivity contribution >= 4 is 82.7 Å². The van der Waals surface area contributed by atoms with Crippen molar-refractivity contribution in [2.24, 2.45) is 40.2 Å². The lowest BCUT2D eigenvalue weighted by atomic mass is 9.44. The van der Waals surface area contributed by atoms with E-state index < -0.39 is 125 Å². The second-order valence-corrected chi connectivity index (χ2v) is 27.2. The fraction of sp³-hybridized carbons (Fsp3) is 0.541. The summed E-state index contributed by atoms with van der Waals surface area (Å²) in [6.07, 6.45) is 7.13. The highest BCUT2D eigenvalue weighted by molar-refractivity contribution is 6.02. The number of Topliss-reactive ketones (excluding diaryl/α,β-unsaturated/α-hetero) is 1. The van der Waals surface area contributed by atoms with Crippen LogP contribution in [0.15, 0.2) is 96.6 Å². The number of allylic oxidation sites excluding steroid dienone is 4. The number of benzene rings is 3. The highest BCUT2D eigenvalue weighted by Crippen LogP contribution is 2.70. The van der Waals surface area contributed by atoms with Gasteiger partial charge in [0.15, 0.2) is 17.2 Å². The molecule has 1 aliphatic heterocycles. The molecule has 3 fully saturated rings. The highest BCUT2D eigenvalue weighted by Gasteiger charge is 2.75. The van der Waals surface area contributed by atoms with E-state index in [9.17, 15) is 58.2 Å². The number of rotatable bonds is 37. The molecule has 9 amide bonds. The van der Waals surface area contributed by atoms with Crippen molar-refractivity contribution in [3.05, 3.63) is 119 Å². The molecule has 0 bridgehead atoms. The number of fused-ring (bicyclic) bond motifs is 7. The summed E-state index contributed by atoms with van der Waals surface area (Å²) in [5.74, 6) is -5.85. The van der Waals surface area contributed by atoms with Gasteiger partial charge in [0, 0.05) is 54.8 Å². The summed E-state index contributed by atoms with van der Waals surface area (Å²) in [7, 11) is 0. The van der Waals surface area contributed by atoms with E-state index in [1.807, 2.05) is 60.7 Å². The number of ketones is 2. The lowest BCUT2D eigenvalue weighted by Crippen LogP contribution is -2.69. The first-order valence-corrected chi connectivity index (χ1v) is 34.9. The number of aliphatic hydroxyl groups is 2. The quantitative estimate of drug-likeness (QED) is 0.0268. The smallest absolute Gasteiger partial charge is 0.407 e. The summed E-state index contributed by atoms with van der Waals surface area (Å²) in [6.45, 7) is 9.49. The van der Waals surface area contributed by atoms with E-state index in [-0.39, 0.29) is 109 Å². The second kappa shape index (κ2) is 36.9. The average molecular weight is 1420 g/mol. The van der Waals surface area contributed by atoms with Crippen LogP contribution in [0.3, 0.4) is 0 Å². The zero-order chi connectivity index (χ0) is 73.6. The molecule has 4 aliphatic carbocycles. The SMILES string of the molecule is CC(C)[C@H](NC(=O)CCOCCOCCOCCOCCNC(=O)CCC(=O)N1Cc2ccccc2/C=C\c2ccccc21)C(=O)N[C@@H](CCCNC(N)=O)C(=O)Nc1ccc(COC(=O)NCC(=O)NCOCC(=O)[C@@]2(O)[C@H](C)C[C@H]3[C@@H]4CCC5=CC(=O)C=C[C@]5(C)[C@@]4(F)[C@@H](O)C[C@@]32C)cc1. The number of hydrogen-bond donors (Lipinski definition) is 10. The Bertz CT molecular complexity index is 3570. The van der Waals surface area contributed by atoms with Crippen LogP contribution in [0.1, 0.15) is 115 Å². The molecule has 102 heavy (non-hydrogen) atoms. The number of alkyl carbamates (subject to hydrolysis) is 1. The molecule has 1 heterocycles. The predicted octanol–water partition coefficient (Wildman–Crippen LogP) is 5.00. The van der Waals surface area contributed by atoms with Crippen LogP contribution < -0.4 is 47.9 Å². The van der Waals surface area contributed by atoms with E-state index in [0.717, 1.165) is 22.4 Å². The number of carbonyl (C=O) groups excluding carboxylic acids is 10. The number of ether oxygens (including phenoxy) is 6. The summed E-state index contributed by atoms with van der Waals surface area (Å²) < 4.78 is 50.6. The fourth-order valence-electron chi connectivity index (χ4n) is 14.7. The van der Waals surface area contributed by atoms with Gasteiger partial charge in [0.25, 0.3) is 0 Å². The summed E-state index contributed by atoms with van der Waals surface area (Å²) in [4.78, 5) is 131. The van der Waals surface area contributed by atoms with Crippen LogP contribution in [0.5, 0.6) is 0 Å². The molecule has 554 valence electrons. The minimum Gasteiger partial charge on any atom is -0.445 e. The van der Waals surface area contributed by atoms with Crippen molar-refractivity contribution in [3.63, 3.8) is 0 Å². The van der Waals surface area contributed by atoms with Crippen LogP contribution >= 0.6 is 0 Å². The van der Waals surface area contributed by atoms with Crippen molar-refractivity contribution in [1.29, 1.82) is 0 Å². The number of para-hydroxylation sites is 1.